The largest absolute Gasteiger partial charge is 0.377 e. The fourth-order valence-electron chi connectivity index (χ4n) is 3.89. The molecule has 144 valence electrons. The number of nitrogens with zero attached hydrogens (tertiary/aromatic N) is 1. The van der Waals surface area contributed by atoms with Crippen molar-refractivity contribution in [3.05, 3.63) is 55.7 Å². The summed E-state index contributed by atoms with van der Waals surface area (Å²) in [4.78, 5) is 16.3. The number of ether oxygens (including phenoxy) is 1. The zero-order valence-corrected chi connectivity index (χ0v) is 17.2. The molecule has 1 saturated heterocycles. The average Bonchev–Trinajstić information content (AvgIpc) is 3.32. The smallest absolute Gasteiger partial charge is 0.237 e. The predicted molar refractivity (Wildman–Crippen MR) is 110 cm³/mol. The molecule has 3 heterocycles. The molecule has 2 atom stereocenters. The van der Waals surface area contributed by atoms with Crippen LogP contribution in [0.15, 0.2) is 29.6 Å². The number of nitrogens with one attached hydrogen (secondary N) is 1. The molecule has 4 rings (SSSR count). The molecule has 1 aromatic carbocycles. The van der Waals surface area contributed by atoms with Crippen LogP contribution in [0, 0.1) is 0 Å². The van der Waals surface area contributed by atoms with E-state index in [2.05, 4.69) is 16.8 Å². The van der Waals surface area contributed by atoms with Crippen LogP contribution < -0.4 is 5.32 Å². The van der Waals surface area contributed by atoms with Gasteiger partial charge in [0.15, 0.2) is 0 Å². The quantitative estimate of drug-likeness (QED) is 0.777. The summed E-state index contributed by atoms with van der Waals surface area (Å²) in [5.41, 5.74) is 2.09. The lowest BCUT2D eigenvalue weighted by molar-refractivity contribution is -0.132. The molecule has 1 N–H and O–H groups in total. The fraction of sp³-hybridized carbons (Fsp3) is 0.450. The Balaban J connectivity index is 1.54. The number of thiophene rings is 1. The van der Waals surface area contributed by atoms with E-state index in [0.29, 0.717) is 23.1 Å². The van der Waals surface area contributed by atoms with Crippen LogP contribution >= 0.6 is 34.5 Å². The highest BCUT2D eigenvalue weighted by atomic mass is 35.5. The summed E-state index contributed by atoms with van der Waals surface area (Å²) in [7, 11) is 0. The molecule has 1 fully saturated rings. The predicted octanol–water partition coefficient (Wildman–Crippen LogP) is 4.30. The Morgan fingerprint density at radius 3 is 2.96 bits per heavy atom. The number of hydrogen-bond acceptors (Lipinski definition) is 4. The van der Waals surface area contributed by atoms with E-state index in [1.54, 1.807) is 17.4 Å². The lowest BCUT2D eigenvalue weighted by Crippen LogP contribution is -2.45. The van der Waals surface area contributed by atoms with Gasteiger partial charge in [-0.1, -0.05) is 29.3 Å². The van der Waals surface area contributed by atoms with E-state index in [1.165, 1.54) is 10.4 Å². The molecular weight excluding hydrogens is 403 g/mol. The summed E-state index contributed by atoms with van der Waals surface area (Å²) in [5.74, 6) is 0.0841. The van der Waals surface area contributed by atoms with Crippen molar-refractivity contribution in [1.82, 2.24) is 10.2 Å². The molecule has 7 heteroatoms. The summed E-state index contributed by atoms with van der Waals surface area (Å²) >= 11 is 14.3. The van der Waals surface area contributed by atoms with Gasteiger partial charge in [-0.15, -0.1) is 11.3 Å². The second kappa shape index (κ2) is 8.50. The number of carbonyl (C=O) groups excluding carboxylic acids is 1. The minimum absolute atomic E-state index is 0.0841. The second-order valence-corrected chi connectivity index (χ2v) is 8.81. The third kappa shape index (κ3) is 4.17. The molecule has 2 aliphatic heterocycles. The SMILES string of the molecule is O=C(CNCC1CCCO1)N1CCc2sccc2C1c1ccc(Cl)cc1Cl. The number of hydrogen-bond donors (Lipinski definition) is 1. The molecule has 0 spiro atoms. The fourth-order valence-corrected chi connectivity index (χ4v) is 5.31. The van der Waals surface area contributed by atoms with Crippen molar-refractivity contribution in [3.63, 3.8) is 0 Å². The number of benzene rings is 1. The van der Waals surface area contributed by atoms with Crippen LogP contribution in [0.5, 0.6) is 0 Å². The van der Waals surface area contributed by atoms with Crippen LogP contribution in [0.25, 0.3) is 0 Å². The van der Waals surface area contributed by atoms with Crippen molar-refractivity contribution >= 4 is 40.4 Å². The van der Waals surface area contributed by atoms with Crippen LogP contribution in [0.3, 0.4) is 0 Å². The zero-order valence-electron chi connectivity index (χ0n) is 14.9. The van der Waals surface area contributed by atoms with Gasteiger partial charge in [-0.3, -0.25) is 4.79 Å². The number of rotatable bonds is 5. The summed E-state index contributed by atoms with van der Waals surface area (Å²) in [6, 6.07) is 7.46. The van der Waals surface area contributed by atoms with Crippen LogP contribution in [0.1, 0.15) is 34.9 Å². The van der Waals surface area contributed by atoms with Crippen LogP contribution in [-0.4, -0.2) is 43.2 Å². The standard InChI is InChI=1S/C20H22Cl2N2O2S/c21-13-3-4-15(17(22)10-13)20-16-6-9-27-18(16)5-7-24(20)19(25)12-23-11-14-2-1-8-26-14/h3-4,6,9-10,14,20,23H,1-2,5,7-8,11-12H2. The average molecular weight is 425 g/mol. The van der Waals surface area contributed by atoms with Gasteiger partial charge in [0.05, 0.1) is 18.7 Å². The maximum absolute atomic E-state index is 13.0. The normalized spacial score (nSPS) is 22.1. The Bertz CT molecular complexity index is 820. The molecule has 27 heavy (non-hydrogen) atoms. The molecule has 4 nitrogen and oxygen atoms in total. The van der Waals surface area contributed by atoms with E-state index >= 15 is 0 Å². The highest BCUT2D eigenvalue weighted by Gasteiger charge is 2.33. The first-order chi connectivity index (χ1) is 13.1. The summed E-state index contributed by atoms with van der Waals surface area (Å²) < 4.78 is 5.62. The Labute approximate surface area is 173 Å². The Kier molecular flexibility index (Phi) is 6.05. The molecule has 2 aromatic rings. The van der Waals surface area contributed by atoms with Gasteiger partial charge in [-0.25, -0.2) is 0 Å². The van der Waals surface area contributed by atoms with Crippen molar-refractivity contribution < 1.29 is 9.53 Å². The number of halogens is 2. The molecule has 0 saturated carbocycles. The first-order valence-corrected chi connectivity index (χ1v) is 10.9. The number of amides is 1. The minimum atomic E-state index is -0.165. The summed E-state index contributed by atoms with van der Waals surface area (Å²) in [6.07, 6.45) is 3.27. The van der Waals surface area contributed by atoms with Gasteiger partial charge in [0.2, 0.25) is 5.91 Å². The molecule has 1 aromatic heterocycles. The van der Waals surface area contributed by atoms with Crippen LogP contribution in [0.4, 0.5) is 0 Å². The molecule has 1 amide bonds. The Morgan fingerprint density at radius 1 is 1.30 bits per heavy atom. The first-order valence-electron chi connectivity index (χ1n) is 9.26. The number of carbonyl (C=O) groups is 1. The highest BCUT2D eigenvalue weighted by Crippen LogP contribution is 2.40. The van der Waals surface area contributed by atoms with E-state index < -0.39 is 0 Å². The van der Waals surface area contributed by atoms with Gasteiger partial charge in [0.1, 0.15) is 0 Å². The minimum Gasteiger partial charge on any atom is -0.377 e. The van der Waals surface area contributed by atoms with Crippen LogP contribution in [-0.2, 0) is 16.0 Å². The van der Waals surface area contributed by atoms with Gasteiger partial charge >= 0.3 is 0 Å². The molecule has 0 radical (unpaired) electrons. The highest BCUT2D eigenvalue weighted by molar-refractivity contribution is 7.10. The first kappa shape index (κ1) is 19.2. The van der Waals surface area contributed by atoms with Crippen molar-refractivity contribution in [3.8, 4) is 0 Å². The third-order valence-corrected chi connectivity index (χ3v) is 6.77. The van der Waals surface area contributed by atoms with Gasteiger partial charge in [-0.05, 0) is 54.0 Å². The van der Waals surface area contributed by atoms with Gasteiger partial charge < -0.3 is 15.0 Å². The van der Waals surface area contributed by atoms with E-state index in [-0.39, 0.29) is 18.1 Å². The lowest BCUT2D eigenvalue weighted by Gasteiger charge is -2.37. The summed E-state index contributed by atoms with van der Waals surface area (Å²) in [6.45, 7) is 2.54. The Hall–Kier alpha value is -1.11. The van der Waals surface area contributed by atoms with E-state index in [0.717, 1.165) is 38.0 Å². The van der Waals surface area contributed by atoms with Gasteiger partial charge in [-0.2, -0.15) is 0 Å². The van der Waals surface area contributed by atoms with E-state index in [4.69, 9.17) is 27.9 Å². The summed E-state index contributed by atoms with van der Waals surface area (Å²) in [5, 5.41) is 6.55. The molecule has 2 aliphatic rings. The monoisotopic (exact) mass is 424 g/mol. The molecule has 0 aliphatic carbocycles. The van der Waals surface area contributed by atoms with Gasteiger partial charge in [0, 0.05) is 34.6 Å². The maximum atomic E-state index is 13.0. The van der Waals surface area contributed by atoms with Gasteiger partial charge in [0.25, 0.3) is 0 Å². The van der Waals surface area contributed by atoms with Crippen molar-refractivity contribution in [2.24, 2.45) is 0 Å². The maximum Gasteiger partial charge on any atom is 0.237 e. The second-order valence-electron chi connectivity index (χ2n) is 6.97. The lowest BCUT2D eigenvalue weighted by atomic mass is 9.93. The van der Waals surface area contributed by atoms with E-state index in [9.17, 15) is 4.79 Å². The topological polar surface area (TPSA) is 41.6 Å². The number of fused-ring (bicyclic) bond motifs is 1. The van der Waals surface area contributed by atoms with Crippen molar-refractivity contribution in [2.75, 3.05) is 26.2 Å². The third-order valence-electron chi connectivity index (χ3n) is 5.22. The Morgan fingerprint density at radius 2 is 2.19 bits per heavy atom. The molecule has 0 bridgehead atoms. The zero-order chi connectivity index (χ0) is 18.8. The van der Waals surface area contributed by atoms with E-state index in [1.807, 2.05) is 17.0 Å². The molecular formula is C20H22Cl2N2O2S. The van der Waals surface area contributed by atoms with Crippen LogP contribution in [0.2, 0.25) is 10.0 Å². The van der Waals surface area contributed by atoms with Crippen molar-refractivity contribution in [1.29, 1.82) is 0 Å². The molecule has 2 unspecified atom stereocenters. The van der Waals surface area contributed by atoms with Crippen molar-refractivity contribution in [2.45, 2.75) is 31.4 Å².